The van der Waals surface area contributed by atoms with Crippen LogP contribution in [0.2, 0.25) is 0 Å². The third-order valence-electron chi connectivity index (χ3n) is 4.08. The minimum absolute atomic E-state index is 0.106. The molecule has 2 atom stereocenters. The molecule has 2 heterocycles. The number of methoxy groups -OCH3 is 3. The van der Waals surface area contributed by atoms with Crippen molar-refractivity contribution in [2.24, 2.45) is 0 Å². The molecule has 9 heteroatoms. The summed E-state index contributed by atoms with van der Waals surface area (Å²) in [5.41, 5.74) is 0.396. The van der Waals surface area contributed by atoms with Gasteiger partial charge in [-0.3, -0.25) is 4.79 Å². The molecule has 1 fully saturated rings. The number of rotatable bonds is 3. The maximum Gasteiger partial charge on any atom is 0.329 e. The van der Waals surface area contributed by atoms with Crippen LogP contribution in [0.5, 0.6) is 11.5 Å². The molecule has 0 spiro atoms. The number of fused-ring (bicyclic) bond motifs is 3. The molecule has 124 valence electrons. The Bertz CT molecular complexity index is 802. The SMILES string of the molecule is COC(=O)[C@H]1CS(=O)(=O)[C@@H]2c3ccc(OC)c(OC)c3C(=O)N12. The predicted octanol–water partition coefficient (Wildman–Crippen LogP) is 0.128. The molecule has 0 radical (unpaired) electrons. The lowest BCUT2D eigenvalue weighted by atomic mass is 10.1. The third-order valence-corrected chi connectivity index (χ3v) is 6.03. The quantitative estimate of drug-likeness (QED) is 0.720. The number of ether oxygens (including phenoxy) is 3. The Labute approximate surface area is 132 Å². The number of amides is 1. The van der Waals surface area contributed by atoms with Crippen molar-refractivity contribution in [1.82, 2.24) is 4.90 Å². The van der Waals surface area contributed by atoms with Gasteiger partial charge < -0.3 is 19.1 Å². The molecule has 1 aromatic rings. The van der Waals surface area contributed by atoms with E-state index >= 15 is 0 Å². The first-order valence-electron chi connectivity index (χ1n) is 6.74. The molecule has 0 aliphatic carbocycles. The molecule has 0 unspecified atom stereocenters. The van der Waals surface area contributed by atoms with Crippen LogP contribution in [0.15, 0.2) is 12.1 Å². The second-order valence-electron chi connectivity index (χ2n) is 5.20. The molecule has 0 aromatic heterocycles. The maximum atomic E-state index is 12.8. The topological polar surface area (TPSA) is 99.2 Å². The predicted molar refractivity (Wildman–Crippen MR) is 78.0 cm³/mol. The van der Waals surface area contributed by atoms with Crippen LogP contribution in [-0.4, -0.2) is 58.3 Å². The lowest BCUT2D eigenvalue weighted by Gasteiger charge is -2.20. The minimum atomic E-state index is -3.71. The summed E-state index contributed by atoms with van der Waals surface area (Å²) in [6.07, 6.45) is 0. The van der Waals surface area contributed by atoms with Crippen LogP contribution in [-0.2, 0) is 19.4 Å². The van der Waals surface area contributed by atoms with E-state index < -0.39 is 38.9 Å². The second kappa shape index (κ2) is 5.12. The standard InChI is InChI=1S/C14H15NO7S/c1-20-9-5-4-7-10(11(9)21-2)12(16)15-8(14(17)22-3)6-23(18,19)13(7)15/h4-5,8,13H,6H2,1-3H3/t8-,13-/m1/s1. The first kappa shape index (κ1) is 15.6. The maximum absolute atomic E-state index is 12.8. The number of hydrogen-bond acceptors (Lipinski definition) is 7. The monoisotopic (exact) mass is 341 g/mol. The van der Waals surface area contributed by atoms with Gasteiger partial charge in [-0.25, -0.2) is 13.2 Å². The Kier molecular flexibility index (Phi) is 3.47. The summed E-state index contributed by atoms with van der Waals surface area (Å²) in [4.78, 5) is 25.7. The van der Waals surface area contributed by atoms with Crippen molar-refractivity contribution in [2.45, 2.75) is 11.4 Å². The van der Waals surface area contributed by atoms with Gasteiger partial charge in [0.1, 0.15) is 6.04 Å². The van der Waals surface area contributed by atoms with Gasteiger partial charge in [0, 0.05) is 5.56 Å². The minimum Gasteiger partial charge on any atom is -0.493 e. The zero-order valence-corrected chi connectivity index (χ0v) is 13.5. The fourth-order valence-corrected chi connectivity index (χ4v) is 5.23. The van der Waals surface area contributed by atoms with Gasteiger partial charge in [-0.1, -0.05) is 6.07 Å². The highest BCUT2D eigenvalue weighted by molar-refractivity contribution is 7.92. The number of carbonyl (C=O) groups is 2. The van der Waals surface area contributed by atoms with Crippen LogP contribution in [0.3, 0.4) is 0 Å². The molecule has 0 saturated carbocycles. The van der Waals surface area contributed by atoms with Crippen molar-refractivity contribution in [3.05, 3.63) is 23.3 Å². The van der Waals surface area contributed by atoms with Gasteiger partial charge in [0.2, 0.25) is 0 Å². The van der Waals surface area contributed by atoms with Crippen LogP contribution in [0.4, 0.5) is 0 Å². The molecule has 1 amide bonds. The molecule has 8 nitrogen and oxygen atoms in total. The van der Waals surface area contributed by atoms with Gasteiger partial charge in [0.05, 0.1) is 32.6 Å². The Morgan fingerprint density at radius 1 is 1.22 bits per heavy atom. The average Bonchev–Trinajstić information content (AvgIpc) is 2.99. The summed E-state index contributed by atoms with van der Waals surface area (Å²) in [5, 5.41) is -1.20. The average molecular weight is 341 g/mol. The fraction of sp³-hybridized carbons (Fsp3) is 0.429. The first-order valence-corrected chi connectivity index (χ1v) is 8.45. The molecule has 2 aliphatic heterocycles. The van der Waals surface area contributed by atoms with E-state index in [0.717, 1.165) is 12.0 Å². The summed E-state index contributed by atoms with van der Waals surface area (Å²) in [5.74, 6) is -1.33. The number of sulfone groups is 1. The van der Waals surface area contributed by atoms with Crippen LogP contribution >= 0.6 is 0 Å². The highest BCUT2D eigenvalue weighted by Crippen LogP contribution is 2.49. The normalized spacial score (nSPS) is 24.1. The van der Waals surface area contributed by atoms with Gasteiger partial charge in [0.25, 0.3) is 5.91 Å². The van der Waals surface area contributed by atoms with E-state index in [1.165, 1.54) is 26.4 Å². The number of benzene rings is 1. The molecule has 2 aliphatic rings. The highest BCUT2D eigenvalue weighted by Gasteiger charge is 2.57. The molecular weight excluding hydrogens is 326 g/mol. The molecule has 1 aromatic carbocycles. The summed E-state index contributed by atoms with van der Waals surface area (Å²) in [6, 6.07) is 1.89. The lowest BCUT2D eigenvalue weighted by Crippen LogP contribution is -2.40. The number of nitrogens with zero attached hydrogens (tertiary/aromatic N) is 1. The van der Waals surface area contributed by atoms with Crippen LogP contribution < -0.4 is 9.47 Å². The second-order valence-corrected chi connectivity index (χ2v) is 7.30. The van der Waals surface area contributed by atoms with Gasteiger partial charge >= 0.3 is 5.97 Å². The summed E-state index contributed by atoms with van der Waals surface area (Å²) >= 11 is 0. The molecule has 1 saturated heterocycles. The number of carbonyl (C=O) groups excluding carboxylic acids is 2. The van der Waals surface area contributed by atoms with Crippen LogP contribution in [0, 0.1) is 0 Å². The Morgan fingerprint density at radius 3 is 2.48 bits per heavy atom. The van der Waals surface area contributed by atoms with Crippen LogP contribution in [0.25, 0.3) is 0 Å². The third kappa shape index (κ3) is 1.99. The van der Waals surface area contributed by atoms with E-state index in [-0.39, 0.29) is 11.3 Å². The Morgan fingerprint density at radius 2 is 1.91 bits per heavy atom. The summed E-state index contributed by atoms with van der Waals surface area (Å²) in [6.45, 7) is 0. The van der Waals surface area contributed by atoms with Gasteiger partial charge in [-0.05, 0) is 6.07 Å². The van der Waals surface area contributed by atoms with Gasteiger partial charge in [-0.15, -0.1) is 0 Å². The summed E-state index contributed by atoms with van der Waals surface area (Å²) in [7, 11) is 0.219. The molecule has 0 bridgehead atoms. The van der Waals surface area contributed by atoms with Gasteiger partial charge in [0.15, 0.2) is 26.7 Å². The molecule has 23 heavy (non-hydrogen) atoms. The smallest absolute Gasteiger partial charge is 0.329 e. The zero-order chi connectivity index (χ0) is 16.9. The molecule has 0 N–H and O–H groups in total. The Hall–Kier alpha value is -2.29. The number of esters is 1. The van der Waals surface area contributed by atoms with E-state index in [4.69, 9.17) is 9.47 Å². The first-order chi connectivity index (χ1) is 10.9. The van der Waals surface area contributed by atoms with Gasteiger partial charge in [-0.2, -0.15) is 0 Å². The molecular formula is C14H15NO7S. The van der Waals surface area contributed by atoms with Crippen molar-refractivity contribution >= 4 is 21.7 Å². The van der Waals surface area contributed by atoms with Crippen molar-refractivity contribution < 1.29 is 32.2 Å². The number of hydrogen-bond donors (Lipinski definition) is 0. The summed E-state index contributed by atoms with van der Waals surface area (Å²) < 4.78 is 39.9. The van der Waals surface area contributed by atoms with E-state index in [1.54, 1.807) is 0 Å². The van der Waals surface area contributed by atoms with Crippen molar-refractivity contribution in [1.29, 1.82) is 0 Å². The lowest BCUT2D eigenvalue weighted by molar-refractivity contribution is -0.144. The Balaban J connectivity index is 2.23. The van der Waals surface area contributed by atoms with E-state index in [1.807, 2.05) is 0 Å². The van der Waals surface area contributed by atoms with Crippen molar-refractivity contribution in [3.63, 3.8) is 0 Å². The van der Waals surface area contributed by atoms with E-state index in [0.29, 0.717) is 11.3 Å². The fourth-order valence-electron chi connectivity index (χ4n) is 3.13. The van der Waals surface area contributed by atoms with Crippen molar-refractivity contribution in [2.75, 3.05) is 27.1 Å². The largest absolute Gasteiger partial charge is 0.493 e. The van der Waals surface area contributed by atoms with Crippen LogP contribution in [0.1, 0.15) is 21.3 Å². The highest BCUT2D eigenvalue weighted by atomic mass is 32.2. The van der Waals surface area contributed by atoms with E-state index in [2.05, 4.69) is 4.74 Å². The van der Waals surface area contributed by atoms with E-state index in [9.17, 15) is 18.0 Å². The zero-order valence-electron chi connectivity index (χ0n) is 12.7. The van der Waals surface area contributed by atoms with Crippen molar-refractivity contribution in [3.8, 4) is 11.5 Å². The molecule has 3 rings (SSSR count).